The van der Waals surface area contributed by atoms with Crippen molar-refractivity contribution in [3.63, 3.8) is 0 Å². The smallest absolute Gasteiger partial charge is 0.119 e. The molecule has 2 aromatic carbocycles. The highest BCUT2D eigenvalue weighted by Crippen LogP contribution is 2.35. The number of aliphatic hydroxyl groups is 1. The second-order valence-corrected chi connectivity index (χ2v) is 8.58. The van der Waals surface area contributed by atoms with E-state index in [0.717, 1.165) is 30.6 Å². The molecule has 31 heavy (non-hydrogen) atoms. The Morgan fingerprint density at radius 3 is 2.32 bits per heavy atom. The lowest BCUT2D eigenvalue weighted by atomic mass is 9.86. The standard InChI is InChI=1S/C26H40N2O3/c1-20(2)28(21(3)4)14-12-24(23-8-6-5-7-9-23)25-18-22(10-11-26(25)30)19-27-13-16-31-17-15-29/h5-11,18,20-21,24,27,29-30H,12-17,19H2,1-4H3/t24-/m1/s1. The predicted molar refractivity (Wildman–Crippen MR) is 128 cm³/mol. The Bertz CT molecular complexity index is 742. The summed E-state index contributed by atoms with van der Waals surface area (Å²) in [5, 5.41) is 22.9. The van der Waals surface area contributed by atoms with Crippen LogP contribution in [0.5, 0.6) is 5.75 Å². The normalized spacial score (nSPS) is 12.8. The Morgan fingerprint density at radius 2 is 1.68 bits per heavy atom. The molecule has 0 spiro atoms. The van der Waals surface area contributed by atoms with E-state index in [1.165, 1.54) is 5.56 Å². The molecule has 0 bridgehead atoms. The van der Waals surface area contributed by atoms with Gasteiger partial charge in [0.2, 0.25) is 0 Å². The predicted octanol–water partition coefficient (Wildman–Crippen LogP) is 4.13. The van der Waals surface area contributed by atoms with Crippen LogP contribution in [0.1, 0.15) is 56.7 Å². The molecule has 0 aromatic heterocycles. The Morgan fingerprint density at radius 1 is 0.968 bits per heavy atom. The van der Waals surface area contributed by atoms with Gasteiger partial charge in [0.25, 0.3) is 0 Å². The van der Waals surface area contributed by atoms with Crippen LogP contribution in [0.2, 0.25) is 0 Å². The van der Waals surface area contributed by atoms with E-state index in [0.29, 0.717) is 37.6 Å². The summed E-state index contributed by atoms with van der Waals surface area (Å²) >= 11 is 0. The highest BCUT2D eigenvalue weighted by molar-refractivity contribution is 5.43. The molecule has 0 aliphatic carbocycles. The van der Waals surface area contributed by atoms with Crippen LogP contribution in [0.25, 0.3) is 0 Å². The lowest BCUT2D eigenvalue weighted by Crippen LogP contribution is -2.38. The molecule has 0 radical (unpaired) electrons. The topological polar surface area (TPSA) is 65.0 Å². The Labute approximate surface area is 188 Å². The van der Waals surface area contributed by atoms with Crippen molar-refractivity contribution in [2.45, 2.75) is 58.7 Å². The molecule has 3 N–H and O–H groups in total. The van der Waals surface area contributed by atoms with E-state index in [-0.39, 0.29) is 12.5 Å². The van der Waals surface area contributed by atoms with E-state index < -0.39 is 0 Å². The maximum Gasteiger partial charge on any atom is 0.119 e. The number of hydrogen-bond donors (Lipinski definition) is 3. The van der Waals surface area contributed by atoms with Crippen molar-refractivity contribution in [2.24, 2.45) is 0 Å². The van der Waals surface area contributed by atoms with Crippen LogP contribution in [0.3, 0.4) is 0 Å². The molecule has 2 aromatic rings. The summed E-state index contributed by atoms with van der Waals surface area (Å²) in [7, 11) is 0. The first-order valence-electron chi connectivity index (χ1n) is 11.5. The van der Waals surface area contributed by atoms with E-state index in [4.69, 9.17) is 9.84 Å². The first kappa shape index (κ1) is 25.3. The van der Waals surface area contributed by atoms with Crippen LogP contribution in [-0.4, -0.2) is 60.1 Å². The van der Waals surface area contributed by atoms with Gasteiger partial charge in [-0.05, 0) is 57.9 Å². The van der Waals surface area contributed by atoms with Crippen LogP contribution in [-0.2, 0) is 11.3 Å². The van der Waals surface area contributed by atoms with E-state index in [9.17, 15) is 5.11 Å². The maximum atomic E-state index is 10.7. The number of phenols is 1. The van der Waals surface area contributed by atoms with Gasteiger partial charge in [0.1, 0.15) is 5.75 Å². The zero-order valence-corrected chi connectivity index (χ0v) is 19.6. The van der Waals surface area contributed by atoms with Crippen LogP contribution in [0.15, 0.2) is 48.5 Å². The molecule has 5 nitrogen and oxygen atoms in total. The summed E-state index contributed by atoms with van der Waals surface area (Å²) in [4.78, 5) is 2.50. The fourth-order valence-corrected chi connectivity index (χ4v) is 4.11. The minimum Gasteiger partial charge on any atom is -0.508 e. The molecule has 0 heterocycles. The molecule has 0 aliphatic rings. The second-order valence-electron chi connectivity index (χ2n) is 8.58. The SMILES string of the molecule is CC(C)N(CC[C@H](c1ccccc1)c1cc(CNCCOCCO)ccc1O)C(C)C. The van der Waals surface area contributed by atoms with Crippen molar-refractivity contribution < 1.29 is 14.9 Å². The molecule has 0 unspecified atom stereocenters. The minimum atomic E-state index is 0.0489. The third-order valence-corrected chi connectivity index (χ3v) is 5.66. The molecule has 0 fully saturated rings. The van der Waals surface area contributed by atoms with Crippen LogP contribution >= 0.6 is 0 Å². The summed E-state index contributed by atoms with van der Waals surface area (Å²) in [6.45, 7) is 12.4. The molecule has 2 rings (SSSR count). The molecule has 0 saturated carbocycles. The number of aliphatic hydroxyl groups excluding tert-OH is 1. The minimum absolute atomic E-state index is 0.0489. The Balaban J connectivity index is 2.17. The van der Waals surface area contributed by atoms with E-state index >= 15 is 0 Å². The van der Waals surface area contributed by atoms with Gasteiger partial charge < -0.3 is 20.3 Å². The van der Waals surface area contributed by atoms with Crippen molar-refractivity contribution in [1.29, 1.82) is 0 Å². The fourth-order valence-electron chi connectivity index (χ4n) is 4.11. The number of phenolic OH excluding ortho intramolecular Hbond substituents is 1. The summed E-state index contributed by atoms with van der Waals surface area (Å²) in [5.74, 6) is 0.485. The van der Waals surface area contributed by atoms with Crippen molar-refractivity contribution in [3.8, 4) is 5.75 Å². The van der Waals surface area contributed by atoms with Crippen molar-refractivity contribution in [3.05, 3.63) is 65.2 Å². The number of benzene rings is 2. The molecule has 5 heteroatoms. The van der Waals surface area contributed by atoms with Crippen molar-refractivity contribution >= 4 is 0 Å². The quantitative estimate of drug-likeness (QED) is 0.395. The summed E-state index contributed by atoms with van der Waals surface area (Å²) in [5.41, 5.74) is 3.35. The van der Waals surface area contributed by atoms with Gasteiger partial charge in [-0.25, -0.2) is 0 Å². The van der Waals surface area contributed by atoms with E-state index in [1.807, 2.05) is 18.2 Å². The molecule has 1 atom stereocenters. The maximum absolute atomic E-state index is 10.7. The van der Waals surface area contributed by atoms with Gasteiger partial charge in [-0.3, -0.25) is 4.90 Å². The Kier molecular flexibility index (Phi) is 11.0. The van der Waals surface area contributed by atoms with Crippen molar-refractivity contribution in [1.82, 2.24) is 10.2 Å². The van der Waals surface area contributed by atoms with Gasteiger partial charge in [-0.15, -0.1) is 0 Å². The van der Waals surface area contributed by atoms with E-state index in [1.54, 1.807) is 0 Å². The summed E-state index contributed by atoms with van der Waals surface area (Å²) in [6.07, 6.45) is 0.944. The number of rotatable bonds is 14. The molecular formula is C26H40N2O3. The van der Waals surface area contributed by atoms with Gasteiger partial charge in [-0.2, -0.15) is 0 Å². The molecule has 172 valence electrons. The molecule has 0 amide bonds. The third-order valence-electron chi connectivity index (χ3n) is 5.66. The number of aromatic hydroxyl groups is 1. The molecular weight excluding hydrogens is 388 g/mol. The Hall–Kier alpha value is -1.92. The second kappa shape index (κ2) is 13.5. The lowest BCUT2D eigenvalue weighted by Gasteiger charge is -2.32. The highest BCUT2D eigenvalue weighted by Gasteiger charge is 2.21. The van der Waals surface area contributed by atoms with Gasteiger partial charge in [0.05, 0.1) is 19.8 Å². The van der Waals surface area contributed by atoms with Gasteiger partial charge >= 0.3 is 0 Å². The average molecular weight is 429 g/mol. The number of ether oxygens (including phenoxy) is 1. The average Bonchev–Trinajstić information content (AvgIpc) is 2.75. The van der Waals surface area contributed by atoms with Crippen LogP contribution < -0.4 is 5.32 Å². The largest absolute Gasteiger partial charge is 0.508 e. The van der Waals surface area contributed by atoms with Gasteiger partial charge in [-0.1, -0.05) is 42.5 Å². The molecule has 0 saturated heterocycles. The highest BCUT2D eigenvalue weighted by atomic mass is 16.5. The van der Waals surface area contributed by atoms with Gasteiger partial charge in [0, 0.05) is 36.7 Å². The first-order chi connectivity index (χ1) is 14.9. The number of hydrogen-bond acceptors (Lipinski definition) is 5. The zero-order valence-electron chi connectivity index (χ0n) is 19.6. The number of nitrogens with zero attached hydrogens (tertiary/aromatic N) is 1. The number of nitrogens with one attached hydrogen (secondary N) is 1. The van der Waals surface area contributed by atoms with E-state index in [2.05, 4.69) is 68.2 Å². The molecule has 0 aliphatic heterocycles. The summed E-state index contributed by atoms with van der Waals surface area (Å²) in [6, 6.07) is 17.4. The monoisotopic (exact) mass is 428 g/mol. The van der Waals surface area contributed by atoms with Crippen molar-refractivity contribution in [2.75, 3.05) is 32.9 Å². The fraction of sp³-hybridized carbons (Fsp3) is 0.538. The zero-order chi connectivity index (χ0) is 22.6. The van der Waals surface area contributed by atoms with Crippen LogP contribution in [0, 0.1) is 0 Å². The summed E-state index contributed by atoms with van der Waals surface area (Å²) < 4.78 is 5.30. The third kappa shape index (κ3) is 8.26. The lowest BCUT2D eigenvalue weighted by molar-refractivity contribution is 0.0938. The first-order valence-corrected chi connectivity index (χ1v) is 11.5. The van der Waals surface area contributed by atoms with Gasteiger partial charge in [0.15, 0.2) is 0 Å². The van der Waals surface area contributed by atoms with Crippen LogP contribution in [0.4, 0.5) is 0 Å².